The third-order valence-corrected chi connectivity index (χ3v) is 6.29. The van der Waals surface area contributed by atoms with Crippen molar-refractivity contribution in [2.45, 2.75) is 6.42 Å². The van der Waals surface area contributed by atoms with Crippen LogP contribution in [0.1, 0.15) is 11.3 Å². The molecule has 1 fully saturated rings. The number of rotatable bonds is 2. The molecule has 158 valence electrons. The van der Waals surface area contributed by atoms with Crippen molar-refractivity contribution in [3.8, 4) is 11.5 Å². The third-order valence-electron chi connectivity index (χ3n) is 5.33. The number of nitrogens with zero attached hydrogens (tertiary/aromatic N) is 4. The van der Waals surface area contributed by atoms with E-state index in [0.717, 1.165) is 22.8 Å². The number of benzene rings is 2. The minimum absolute atomic E-state index is 0.0601. The van der Waals surface area contributed by atoms with Crippen molar-refractivity contribution in [2.75, 3.05) is 31.9 Å². The molecule has 5 rings (SSSR count). The van der Waals surface area contributed by atoms with E-state index in [2.05, 4.69) is 9.88 Å². The van der Waals surface area contributed by atoms with Gasteiger partial charge in [0.25, 0.3) is 0 Å². The lowest BCUT2D eigenvalue weighted by atomic mass is 10.1. The highest BCUT2D eigenvalue weighted by atomic mass is 35.5. The molecular formula is C22H20ClN5O2S. The number of hydrogen-bond donors (Lipinski definition) is 1. The van der Waals surface area contributed by atoms with Crippen LogP contribution in [0.4, 0.5) is 10.8 Å². The van der Waals surface area contributed by atoms with Crippen molar-refractivity contribution in [1.29, 1.82) is 0 Å². The van der Waals surface area contributed by atoms with Gasteiger partial charge in [0.1, 0.15) is 17.3 Å². The highest BCUT2D eigenvalue weighted by molar-refractivity contribution is 7.13. The molecule has 0 unspecified atom stereocenters. The highest BCUT2D eigenvalue weighted by Crippen LogP contribution is 2.38. The van der Waals surface area contributed by atoms with Crippen molar-refractivity contribution in [2.24, 2.45) is 4.99 Å². The van der Waals surface area contributed by atoms with Crippen LogP contribution >= 0.6 is 22.9 Å². The SMILES string of the molecule is Nc1nc(CC(=O)N2CCN(C3=Nc4ccccc4Oc4ccc(Cl)cc43)CC2)cs1. The maximum absolute atomic E-state index is 12.7. The molecule has 31 heavy (non-hydrogen) atoms. The summed E-state index contributed by atoms with van der Waals surface area (Å²) in [6, 6.07) is 13.3. The first-order valence-corrected chi connectivity index (χ1v) is 11.2. The van der Waals surface area contributed by atoms with Gasteiger partial charge in [-0.2, -0.15) is 0 Å². The fourth-order valence-electron chi connectivity index (χ4n) is 3.77. The smallest absolute Gasteiger partial charge is 0.228 e. The van der Waals surface area contributed by atoms with Crippen LogP contribution in [-0.4, -0.2) is 52.7 Å². The van der Waals surface area contributed by atoms with Gasteiger partial charge in [0, 0.05) is 36.6 Å². The first kappa shape index (κ1) is 19.8. The van der Waals surface area contributed by atoms with E-state index in [-0.39, 0.29) is 12.3 Å². The molecule has 3 aromatic rings. The van der Waals surface area contributed by atoms with Gasteiger partial charge in [-0.15, -0.1) is 11.3 Å². The summed E-state index contributed by atoms with van der Waals surface area (Å²) in [6.45, 7) is 2.54. The number of nitrogens with two attached hydrogens (primary N) is 1. The second-order valence-corrected chi connectivity index (χ2v) is 8.69. The summed E-state index contributed by atoms with van der Waals surface area (Å²) < 4.78 is 6.13. The fraction of sp³-hybridized carbons (Fsp3) is 0.227. The molecule has 2 aliphatic heterocycles. The Morgan fingerprint density at radius 2 is 1.94 bits per heavy atom. The number of halogens is 1. The van der Waals surface area contributed by atoms with Gasteiger partial charge in [-0.3, -0.25) is 4.79 Å². The van der Waals surface area contributed by atoms with Crippen molar-refractivity contribution < 1.29 is 9.53 Å². The zero-order chi connectivity index (χ0) is 21.4. The molecule has 1 amide bonds. The summed E-state index contributed by atoms with van der Waals surface area (Å²) >= 11 is 7.65. The van der Waals surface area contributed by atoms with Gasteiger partial charge in [0.05, 0.1) is 17.7 Å². The van der Waals surface area contributed by atoms with Crippen LogP contribution in [0.2, 0.25) is 5.02 Å². The van der Waals surface area contributed by atoms with Gasteiger partial charge in [0.15, 0.2) is 10.9 Å². The molecule has 2 N–H and O–H groups in total. The summed E-state index contributed by atoms with van der Waals surface area (Å²) in [4.78, 5) is 25.8. The van der Waals surface area contributed by atoms with Crippen LogP contribution in [-0.2, 0) is 11.2 Å². The van der Waals surface area contributed by atoms with Crippen molar-refractivity contribution in [3.63, 3.8) is 0 Å². The van der Waals surface area contributed by atoms with Crippen molar-refractivity contribution in [3.05, 3.63) is 64.1 Å². The maximum Gasteiger partial charge on any atom is 0.228 e. The van der Waals surface area contributed by atoms with E-state index in [1.807, 2.05) is 52.7 Å². The lowest BCUT2D eigenvalue weighted by Gasteiger charge is -2.36. The van der Waals surface area contributed by atoms with Crippen LogP contribution < -0.4 is 10.5 Å². The van der Waals surface area contributed by atoms with Crippen molar-refractivity contribution >= 4 is 45.5 Å². The Kier molecular flexibility index (Phi) is 5.25. The number of thiazole rings is 1. The number of carbonyl (C=O) groups is 1. The minimum atomic E-state index is 0.0601. The number of carbonyl (C=O) groups excluding carboxylic acids is 1. The Balaban J connectivity index is 1.37. The number of fused-ring (bicyclic) bond motifs is 2. The quantitative estimate of drug-likeness (QED) is 0.635. The van der Waals surface area contributed by atoms with E-state index < -0.39 is 0 Å². The van der Waals surface area contributed by atoms with Gasteiger partial charge in [-0.1, -0.05) is 23.7 Å². The van der Waals surface area contributed by atoms with Crippen LogP contribution in [0.3, 0.4) is 0 Å². The zero-order valence-electron chi connectivity index (χ0n) is 16.6. The Morgan fingerprint density at radius 1 is 1.13 bits per heavy atom. The molecule has 2 aliphatic rings. The van der Waals surface area contributed by atoms with E-state index in [9.17, 15) is 4.79 Å². The number of aromatic nitrogens is 1. The van der Waals surface area contributed by atoms with E-state index >= 15 is 0 Å². The number of ether oxygens (including phenoxy) is 1. The molecule has 0 aliphatic carbocycles. The van der Waals surface area contributed by atoms with Crippen LogP contribution in [0, 0.1) is 0 Å². The second-order valence-electron chi connectivity index (χ2n) is 7.37. The predicted octanol–water partition coefficient (Wildman–Crippen LogP) is 3.95. The summed E-state index contributed by atoms with van der Waals surface area (Å²) in [6.07, 6.45) is 0.272. The summed E-state index contributed by atoms with van der Waals surface area (Å²) in [7, 11) is 0. The Hall–Kier alpha value is -3.10. The number of amides is 1. The molecule has 1 saturated heterocycles. The maximum atomic E-state index is 12.7. The Bertz CT molecular complexity index is 1170. The summed E-state index contributed by atoms with van der Waals surface area (Å²) in [5.41, 5.74) is 8.01. The number of amidine groups is 1. The van der Waals surface area contributed by atoms with Gasteiger partial charge < -0.3 is 20.3 Å². The largest absolute Gasteiger partial charge is 0.454 e. The lowest BCUT2D eigenvalue weighted by Crippen LogP contribution is -2.51. The van der Waals surface area contributed by atoms with Crippen LogP contribution in [0.5, 0.6) is 11.5 Å². The van der Waals surface area contributed by atoms with Gasteiger partial charge in [0.2, 0.25) is 5.91 Å². The molecule has 1 aromatic heterocycles. The molecule has 0 bridgehead atoms. The first-order valence-electron chi connectivity index (χ1n) is 9.95. The van der Waals surface area contributed by atoms with Gasteiger partial charge >= 0.3 is 0 Å². The molecule has 9 heteroatoms. The molecule has 0 spiro atoms. The first-order chi connectivity index (χ1) is 15.1. The predicted molar refractivity (Wildman–Crippen MR) is 123 cm³/mol. The average Bonchev–Trinajstić information content (AvgIpc) is 3.10. The number of para-hydroxylation sites is 2. The molecule has 2 aromatic carbocycles. The Labute approximate surface area is 188 Å². The lowest BCUT2D eigenvalue weighted by molar-refractivity contribution is -0.131. The average molecular weight is 454 g/mol. The number of anilines is 1. The monoisotopic (exact) mass is 453 g/mol. The number of piperazine rings is 1. The van der Waals surface area contributed by atoms with Crippen LogP contribution in [0.15, 0.2) is 52.8 Å². The molecule has 0 atom stereocenters. The minimum Gasteiger partial charge on any atom is -0.454 e. The van der Waals surface area contributed by atoms with Crippen molar-refractivity contribution in [1.82, 2.24) is 14.8 Å². The topological polar surface area (TPSA) is 84.0 Å². The standard InChI is InChI=1S/C22H20ClN5O2S/c23-14-5-6-18-16(11-14)21(26-17-3-1-2-4-19(17)30-18)28-9-7-27(8-10-28)20(29)12-15-13-31-22(24)25-15/h1-6,11,13H,7-10,12H2,(H2,24,25). The number of aliphatic imine (C=N–C) groups is 1. The fourth-order valence-corrected chi connectivity index (χ4v) is 4.51. The molecular weight excluding hydrogens is 434 g/mol. The molecule has 0 saturated carbocycles. The third kappa shape index (κ3) is 4.08. The summed E-state index contributed by atoms with van der Waals surface area (Å²) in [5, 5.41) is 2.94. The Morgan fingerprint density at radius 3 is 2.71 bits per heavy atom. The number of hydrogen-bond acceptors (Lipinski definition) is 7. The second kappa shape index (κ2) is 8.20. The van der Waals surface area contributed by atoms with Gasteiger partial charge in [-0.25, -0.2) is 9.98 Å². The van der Waals surface area contributed by atoms with E-state index in [0.29, 0.717) is 47.8 Å². The normalized spacial score (nSPS) is 15.5. The molecule has 0 radical (unpaired) electrons. The highest BCUT2D eigenvalue weighted by Gasteiger charge is 2.28. The molecule has 3 heterocycles. The van der Waals surface area contributed by atoms with E-state index in [1.165, 1.54) is 11.3 Å². The van der Waals surface area contributed by atoms with Crippen LogP contribution in [0.25, 0.3) is 0 Å². The number of nitrogen functional groups attached to an aromatic ring is 1. The molecule has 7 nitrogen and oxygen atoms in total. The zero-order valence-corrected chi connectivity index (χ0v) is 18.2. The summed E-state index contributed by atoms with van der Waals surface area (Å²) in [5.74, 6) is 2.29. The van der Waals surface area contributed by atoms with E-state index in [4.69, 9.17) is 27.1 Å². The van der Waals surface area contributed by atoms with E-state index in [1.54, 1.807) is 0 Å². The van der Waals surface area contributed by atoms with Gasteiger partial charge in [-0.05, 0) is 30.3 Å².